The molecule has 0 amide bonds. The Morgan fingerprint density at radius 2 is 2.00 bits per heavy atom. The van der Waals surface area contributed by atoms with Crippen molar-refractivity contribution >= 4 is 0 Å². The van der Waals surface area contributed by atoms with Crippen LogP contribution in [0.1, 0.15) is 19.8 Å². The van der Waals surface area contributed by atoms with Gasteiger partial charge in [-0.15, -0.1) is 0 Å². The number of nitrogens with one attached hydrogen (secondary N) is 1. The van der Waals surface area contributed by atoms with Gasteiger partial charge >= 0.3 is 0 Å². The second kappa shape index (κ2) is 6.35. The zero-order chi connectivity index (χ0) is 11.3. The maximum atomic E-state index is 12.1. The van der Waals surface area contributed by atoms with Crippen molar-refractivity contribution in [3.63, 3.8) is 0 Å². The minimum atomic E-state index is -2.23. The summed E-state index contributed by atoms with van der Waals surface area (Å²) in [5.74, 6) is 0. The van der Waals surface area contributed by atoms with Crippen LogP contribution in [-0.4, -0.2) is 54.8 Å². The molecular formula is C10H20F2N2O. The van der Waals surface area contributed by atoms with E-state index >= 15 is 0 Å². The number of rotatable bonds is 5. The number of hydrogen-bond acceptors (Lipinski definition) is 3. The number of aliphatic hydroxyl groups excluding tert-OH is 1. The molecule has 15 heavy (non-hydrogen) atoms. The second-order valence-corrected chi connectivity index (χ2v) is 4.22. The lowest BCUT2D eigenvalue weighted by Crippen LogP contribution is -2.47. The van der Waals surface area contributed by atoms with Crippen LogP contribution in [0.3, 0.4) is 0 Å². The molecule has 0 saturated carbocycles. The monoisotopic (exact) mass is 222 g/mol. The molecule has 0 radical (unpaired) electrons. The van der Waals surface area contributed by atoms with Crippen LogP contribution >= 0.6 is 0 Å². The number of nitrogens with zero attached hydrogens (tertiary/aromatic N) is 1. The largest absolute Gasteiger partial charge is 0.395 e. The van der Waals surface area contributed by atoms with Crippen molar-refractivity contribution in [3.05, 3.63) is 0 Å². The summed E-state index contributed by atoms with van der Waals surface area (Å²) in [5.41, 5.74) is 0. The molecule has 5 heteroatoms. The summed E-state index contributed by atoms with van der Waals surface area (Å²) in [6.07, 6.45) is -0.459. The topological polar surface area (TPSA) is 35.5 Å². The minimum Gasteiger partial charge on any atom is -0.395 e. The molecule has 1 aliphatic heterocycles. The molecule has 90 valence electrons. The van der Waals surface area contributed by atoms with E-state index in [1.54, 1.807) is 4.90 Å². The Morgan fingerprint density at radius 1 is 1.40 bits per heavy atom. The summed E-state index contributed by atoms with van der Waals surface area (Å²) in [4.78, 5) is 1.80. The molecule has 1 heterocycles. The number of piperidine rings is 1. The van der Waals surface area contributed by atoms with Gasteiger partial charge in [0.05, 0.1) is 13.2 Å². The first-order chi connectivity index (χ1) is 7.11. The van der Waals surface area contributed by atoms with Crippen molar-refractivity contribution in [2.45, 2.75) is 38.3 Å². The fourth-order valence-electron chi connectivity index (χ4n) is 1.93. The summed E-state index contributed by atoms with van der Waals surface area (Å²) in [5, 5.41) is 12.1. The predicted molar refractivity (Wildman–Crippen MR) is 55.1 cm³/mol. The molecule has 0 aliphatic carbocycles. The van der Waals surface area contributed by atoms with Gasteiger partial charge in [-0.3, -0.25) is 4.90 Å². The van der Waals surface area contributed by atoms with E-state index in [-0.39, 0.29) is 19.2 Å². The molecular weight excluding hydrogens is 202 g/mol. The normalized spacial score (nSPS) is 22.2. The van der Waals surface area contributed by atoms with E-state index in [9.17, 15) is 8.78 Å². The van der Waals surface area contributed by atoms with Gasteiger partial charge in [-0.25, -0.2) is 8.78 Å². The molecule has 1 atom stereocenters. The Hall–Kier alpha value is -0.260. The number of halogens is 2. The smallest absolute Gasteiger partial charge is 0.251 e. The van der Waals surface area contributed by atoms with E-state index in [0.717, 1.165) is 25.9 Å². The van der Waals surface area contributed by atoms with Gasteiger partial charge < -0.3 is 10.4 Å². The van der Waals surface area contributed by atoms with Gasteiger partial charge in [0.15, 0.2) is 0 Å². The average Bonchev–Trinajstić information content (AvgIpc) is 2.20. The summed E-state index contributed by atoms with van der Waals surface area (Å²) in [6, 6.07) is 0.456. The van der Waals surface area contributed by atoms with Gasteiger partial charge in [0.1, 0.15) is 0 Å². The van der Waals surface area contributed by atoms with Crippen LogP contribution in [0.15, 0.2) is 0 Å². The van der Waals surface area contributed by atoms with Crippen molar-refractivity contribution in [2.75, 3.05) is 26.2 Å². The Balaban J connectivity index is 2.18. The zero-order valence-corrected chi connectivity index (χ0v) is 9.13. The quantitative estimate of drug-likeness (QED) is 0.718. The van der Waals surface area contributed by atoms with Crippen molar-refractivity contribution < 1.29 is 13.9 Å². The van der Waals surface area contributed by atoms with Crippen molar-refractivity contribution in [2.24, 2.45) is 0 Å². The van der Waals surface area contributed by atoms with Crippen molar-refractivity contribution in [3.8, 4) is 0 Å². The van der Waals surface area contributed by atoms with Crippen LogP contribution in [0.25, 0.3) is 0 Å². The Morgan fingerprint density at radius 3 is 2.47 bits per heavy atom. The fourth-order valence-corrected chi connectivity index (χ4v) is 1.93. The molecule has 1 saturated heterocycles. The number of aliphatic hydroxyl groups is 1. The molecule has 3 nitrogen and oxygen atoms in total. The van der Waals surface area contributed by atoms with Crippen LogP contribution in [0.2, 0.25) is 0 Å². The van der Waals surface area contributed by atoms with Gasteiger partial charge in [0.25, 0.3) is 6.43 Å². The van der Waals surface area contributed by atoms with Gasteiger partial charge in [0, 0.05) is 12.1 Å². The van der Waals surface area contributed by atoms with E-state index in [0.29, 0.717) is 6.04 Å². The fraction of sp³-hybridized carbons (Fsp3) is 1.00. The van der Waals surface area contributed by atoms with Gasteiger partial charge in [-0.2, -0.15) is 0 Å². The van der Waals surface area contributed by atoms with Gasteiger partial charge in [-0.1, -0.05) is 0 Å². The highest BCUT2D eigenvalue weighted by molar-refractivity contribution is 4.79. The third kappa shape index (κ3) is 4.86. The van der Waals surface area contributed by atoms with Crippen LogP contribution < -0.4 is 5.32 Å². The molecule has 1 rings (SSSR count). The predicted octanol–water partition coefficient (Wildman–Crippen LogP) is 0.686. The molecule has 0 bridgehead atoms. The number of likely N-dealkylation sites (tertiary alicyclic amines) is 1. The molecule has 1 aliphatic rings. The van der Waals surface area contributed by atoms with Crippen LogP contribution in [0.4, 0.5) is 8.78 Å². The van der Waals surface area contributed by atoms with E-state index in [4.69, 9.17) is 5.11 Å². The van der Waals surface area contributed by atoms with E-state index in [2.05, 4.69) is 5.32 Å². The third-order valence-corrected chi connectivity index (χ3v) is 2.78. The second-order valence-electron chi connectivity index (χ2n) is 4.22. The maximum Gasteiger partial charge on any atom is 0.251 e. The molecule has 0 aromatic heterocycles. The lowest BCUT2D eigenvalue weighted by molar-refractivity contribution is 0.0713. The SMILES string of the molecule is CC(CO)NC1CCN(CC(F)F)CC1. The first kappa shape index (κ1) is 12.8. The summed E-state index contributed by atoms with van der Waals surface area (Å²) in [6.45, 7) is 3.38. The highest BCUT2D eigenvalue weighted by Crippen LogP contribution is 2.12. The number of hydrogen-bond donors (Lipinski definition) is 2. The summed E-state index contributed by atoms with van der Waals surface area (Å²) in [7, 11) is 0. The molecule has 0 aromatic rings. The maximum absolute atomic E-state index is 12.1. The molecule has 1 fully saturated rings. The first-order valence-corrected chi connectivity index (χ1v) is 5.49. The average molecular weight is 222 g/mol. The van der Waals surface area contributed by atoms with E-state index in [1.165, 1.54) is 0 Å². The standard InChI is InChI=1S/C10H20F2N2O/c1-8(7-15)13-9-2-4-14(5-3-9)6-10(11)12/h8-10,13,15H,2-7H2,1H3. The highest BCUT2D eigenvalue weighted by atomic mass is 19.3. The van der Waals surface area contributed by atoms with Crippen LogP contribution in [0.5, 0.6) is 0 Å². The first-order valence-electron chi connectivity index (χ1n) is 5.49. The van der Waals surface area contributed by atoms with Crippen molar-refractivity contribution in [1.29, 1.82) is 0 Å². The van der Waals surface area contributed by atoms with Crippen molar-refractivity contribution in [1.82, 2.24) is 10.2 Å². The molecule has 0 spiro atoms. The van der Waals surface area contributed by atoms with E-state index < -0.39 is 6.43 Å². The molecule has 2 N–H and O–H groups in total. The molecule has 0 aromatic carbocycles. The van der Waals surface area contributed by atoms with Gasteiger partial charge in [-0.05, 0) is 32.9 Å². The lowest BCUT2D eigenvalue weighted by atomic mass is 10.0. The lowest BCUT2D eigenvalue weighted by Gasteiger charge is -2.33. The Bertz CT molecular complexity index is 173. The Labute approximate surface area is 89.5 Å². The van der Waals surface area contributed by atoms with Crippen LogP contribution in [0, 0.1) is 0 Å². The van der Waals surface area contributed by atoms with Gasteiger partial charge in [0.2, 0.25) is 0 Å². The highest BCUT2D eigenvalue weighted by Gasteiger charge is 2.21. The minimum absolute atomic E-state index is 0.0941. The summed E-state index contributed by atoms with van der Waals surface area (Å²) >= 11 is 0. The zero-order valence-electron chi connectivity index (χ0n) is 9.13. The Kier molecular flexibility index (Phi) is 5.42. The number of alkyl halides is 2. The van der Waals surface area contributed by atoms with E-state index in [1.807, 2.05) is 6.92 Å². The summed E-state index contributed by atoms with van der Waals surface area (Å²) < 4.78 is 24.2. The third-order valence-electron chi connectivity index (χ3n) is 2.78. The van der Waals surface area contributed by atoms with Crippen LogP contribution in [-0.2, 0) is 0 Å². The molecule has 1 unspecified atom stereocenters.